The van der Waals surface area contributed by atoms with E-state index in [0.29, 0.717) is 5.92 Å². The summed E-state index contributed by atoms with van der Waals surface area (Å²) in [6, 6.07) is 2.04. The zero-order valence-corrected chi connectivity index (χ0v) is 7.93. The first-order chi connectivity index (χ1) is 5.81. The van der Waals surface area contributed by atoms with Crippen LogP contribution in [-0.2, 0) is 6.42 Å². The summed E-state index contributed by atoms with van der Waals surface area (Å²) in [4.78, 5) is 4.38. The van der Waals surface area contributed by atoms with E-state index in [1.165, 1.54) is 18.4 Å². The van der Waals surface area contributed by atoms with Gasteiger partial charge in [0.1, 0.15) is 0 Å². The highest BCUT2D eigenvalue weighted by atomic mass is 35.5. The van der Waals surface area contributed by atoms with Gasteiger partial charge < -0.3 is 0 Å². The smallest absolute Gasteiger partial charge is 0.0627 e. The molecule has 0 unspecified atom stereocenters. The lowest BCUT2D eigenvalue weighted by atomic mass is 10.2. The van der Waals surface area contributed by atoms with Gasteiger partial charge in [-0.05, 0) is 30.9 Å². The minimum absolute atomic E-state index is 0.656. The van der Waals surface area contributed by atoms with Crippen molar-refractivity contribution in [3.63, 3.8) is 0 Å². The molecular weight excluding hydrogens is 170 g/mol. The number of aromatic nitrogens is 1. The molecule has 2 heteroatoms. The van der Waals surface area contributed by atoms with Crippen LogP contribution in [0.2, 0.25) is 5.02 Å². The minimum atomic E-state index is 0.656. The molecule has 0 radical (unpaired) electrons. The Bertz CT molecular complexity index is 292. The molecule has 0 spiro atoms. The highest BCUT2D eigenvalue weighted by molar-refractivity contribution is 6.31. The van der Waals surface area contributed by atoms with Gasteiger partial charge in [-0.15, -0.1) is 0 Å². The third-order valence-electron chi connectivity index (χ3n) is 2.30. The lowest BCUT2D eigenvalue weighted by Crippen LogP contribution is -1.90. The first-order valence-electron chi connectivity index (χ1n) is 4.45. The lowest BCUT2D eigenvalue weighted by molar-refractivity contribution is 0.995. The Balaban J connectivity index is 2.32. The SMILES string of the molecule is CCc1cnc(C2CC2)c(Cl)c1. The summed E-state index contributed by atoms with van der Waals surface area (Å²) in [5.74, 6) is 0.656. The Morgan fingerprint density at radius 2 is 2.33 bits per heavy atom. The topological polar surface area (TPSA) is 12.9 Å². The van der Waals surface area contributed by atoms with Crippen molar-refractivity contribution in [2.24, 2.45) is 0 Å². The Hall–Kier alpha value is -0.560. The molecule has 0 aromatic carbocycles. The molecule has 64 valence electrons. The van der Waals surface area contributed by atoms with E-state index in [-0.39, 0.29) is 0 Å². The van der Waals surface area contributed by atoms with Crippen molar-refractivity contribution >= 4 is 11.6 Å². The van der Waals surface area contributed by atoms with Crippen LogP contribution in [0.25, 0.3) is 0 Å². The summed E-state index contributed by atoms with van der Waals surface area (Å²) in [7, 11) is 0. The van der Waals surface area contributed by atoms with Crippen molar-refractivity contribution in [1.29, 1.82) is 0 Å². The van der Waals surface area contributed by atoms with Crippen LogP contribution in [0.5, 0.6) is 0 Å². The zero-order chi connectivity index (χ0) is 8.55. The highest BCUT2D eigenvalue weighted by Crippen LogP contribution is 2.41. The molecule has 1 aliphatic rings. The third kappa shape index (κ3) is 1.46. The van der Waals surface area contributed by atoms with Gasteiger partial charge in [0.25, 0.3) is 0 Å². The van der Waals surface area contributed by atoms with E-state index in [4.69, 9.17) is 11.6 Å². The van der Waals surface area contributed by atoms with Crippen molar-refractivity contribution in [3.8, 4) is 0 Å². The molecule has 1 aromatic rings. The van der Waals surface area contributed by atoms with Gasteiger partial charge in [0, 0.05) is 12.1 Å². The molecule has 1 aromatic heterocycles. The highest BCUT2D eigenvalue weighted by Gasteiger charge is 2.26. The van der Waals surface area contributed by atoms with E-state index in [2.05, 4.69) is 11.9 Å². The van der Waals surface area contributed by atoms with Crippen LogP contribution in [0.1, 0.15) is 36.9 Å². The summed E-state index contributed by atoms with van der Waals surface area (Å²) in [5.41, 5.74) is 2.33. The fourth-order valence-electron chi connectivity index (χ4n) is 1.34. The fourth-order valence-corrected chi connectivity index (χ4v) is 1.68. The van der Waals surface area contributed by atoms with Gasteiger partial charge in [-0.25, -0.2) is 0 Å². The first-order valence-corrected chi connectivity index (χ1v) is 4.83. The van der Waals surface area contributed by atoms with Crippen LogP contribution < -0.4 is 0 Å². The van der Waals surface area contributed by atoms with E-state index in [0.717, 1.165) is 17.1 Å². The maximum Gasteiger partial charge on any atom is 0.0627 e. The van der Waals surface area contributed by atoms with Gasteiger partial charge >= 0.3 is 0 Å². The average molecular weight is 182 g/mol. The molecule has 12 heavy (non-hydrogen) atoms. The molecule has 1 aliphatic carbocycles. The molecule has 0 N–H and O–H groups in total. The standard InChI is InChI=1S/C10H12ClN/c1-2-7-5-9(11)10(12-6-7)8-3-4-8/h5-6,8H,2-4H2,1H3. The number of pyridine rings is 1. The molecule has 1 nitrogen and oxygen atoms in total. The maximum atomic E-state index is 6.08. The maximum absolute atomic E-state index is 6.08. The molecule has 0 bridgehead atoms. The number of aryl methyl sites for hydroxylation is 1. The molecule has 1 saturated carbocycles. The van der Waals surface area contributed by atoms with Crippen molar-refractivity contribution in [2.75, 3.05) is 0 Å². The van der Waals surface area contributed by atoms with Crippen molar-refractivity contribution in [1.82, 2.24) is 4.98 Å². The minimum Gasteiger partial charge on any atom is -0.259 e. The second kappa shape index (κ2) is 3.06. The van der Waals surface area contributed by atoms with Crippen LogP contribution in [-0.4, -0.2) is 4.98 Å². The Kier molecular flexibility index (Phi) is 2.05. The van der Waals surface area contributed by atoms with E-state index < -0.39 is 0 Å². The van der Waals surface area contributed by atoms with E-state index in [1.54, 1.807) is 0 Å². The third-order valence-corrected chi connectivity index (χ3v) is 2.60. The van der Waals surface area contributed by atoms with Crippen molar-refractivity contribution < 1.29 is 0 Å². The van der Waals surface area contributed by atoms with Crippen LogP contribution in [0.15, 0.2) is 12.3 Å². The molecule has 0 aliphatic heterocycles. The van der Waals surface area contributed by atoms with Crippen LogP contribution >= 0.6 is 11.6 Å². The fraction of sp³-hybridized carbons (Fsp3) is 0.500. The summed E-state index contributed by atoms with van der Waals surface area (Å²) < 4.78 is 0. The van der Waals surface area contributed by atoms with Crippen molar-refractivity contribution in [2.45, 2.75) is 32.1 Å². The number of nitrogens with zero attached hydrogens (tertiary/aromatic N) is 1. The molecule has 2 rings (SSSR count). The quantitative estimate of drug-likeness (QED) is 0.683. The Morgan fingerprint density at radius 3 is 2.83 bits per heavy atom. The predicted molar refractivity (Wildman–Crippen MR) is 50.6 cm³/mol. The van der Waals surface area contributed by atoms with Crippen LogP contribution in [0, 0.1) is 0 Å². The molecule has 0 saturated heterocycles. The summed E-state index contributed by atoms with van der Waals surface area (Å²) >= 11 is 6.08. The molecule has 1 fully saturated rings. The van der Waals surface area contributed by atoms with Crippen LogP contribution in [0.3, 0.4) is 0 Å². The number of halogens is 1. The van der Waals surface area contributed by atoms with Crippen LogP contribution in [0.4, 0.5) is 0 Å². The second-order valence-electron chi connectivity index (χ2n) is 3.34. The van der Waals surface area contributed by atoms with E-state index >= 15 is 0 Å². The van der Waals surface area contributed by atoms with Gasteiger partial charge in [-0.1, -0.05) is 18.5 Å². The van der Waals surface area contributed by atoms with Gasteiger partial charge in [-0.3, -0.25) is 4.98 Å². The van der Waals surface area contributed by atoms with E-state index in [1.807, 2.05) is 12.3 Å². The zero-order valence-electron chi connectivity index (χ0n) is 7.18. The Morgan fingerprint density at radius 1 is 1.58 bits per heavy atom. The normalized spacial score (nSPS) is 16.5. The second-order valence-corrected chi connectivity index (χ2v) is 3.75. The molecular formula is C10H12ClN. The first kappa shape index (κ1) is 8.06. The molecule has 1 heterocycles. The number of rotatable bonds is 2. The largest absolute Gasteiger partial charge is 0.259 e. The van der Waals surface area contributed by atoms with E-state index in [9.17, 15) is 0 Å². The Labute approximate surface area is 77.8 Å². The number of hydrogen-bond acceptors (Lipinski definition) is 1. The summed E-state index contributed by atoms with van der Waals surface area (Å²) in [5, 5.41) is 0.858. The molecule has 0 amide bonds. The van der Waals surface area contributed by atoms with Gasteiger partial charge in [0.2, 0.25) is 0 Å². The van der Waals surface area contributed by atoms with Gasteiger partial charge in [-0.2, -0.15) is 0 Å². The number of hydrogen-bond donors (Lipinski definition) is 0. The lowest BCUT2D eigenvalue weighted by Gasteiger charge is -2.02. The molecule has 0 atom stereocenters. The predicted octanol–water partition coefficient (Wildman–Crippen LogP) is 3.17. The average Bonchev–Trinajstić information content (AvgIpc) is 2.87. The summed E-state index contributed by atoms with van der Waals surface area (Å²) in [6.07, 6.45) is 5.48. The monoisotopic (exact) mass is 181 g/mol. The van der Waals surface area contributed by atoms with Gasteiger partial charge in [0.05, 0.1) is 10.7 Å². The summed E-state index contributed by atoms with van der Waals surface area (Å²) in [6.45, 7) is 2.12. The van der Waals surface area contributed by atoms with Crippen molar-refractivity contribution in [3.05, 3.63) is 28.5 Å². The van der Waals surface area contributed by atoms with Gasteiger partial charge in [0.15, 0.2) is 0 Å².